The van der Waals surface area contributed by atoms with Gasteiger partial charge in [-0.1, -0.05) is 13.8 Å². The highest BCUT2D eigenvalue weighted by atomic mass is 16.3. The van der Waals surface area contributed by atoms with E-state index in [0.717, 1.165) is 18.5 Å². The molecule has 6 heteroatoms. The van der Waals surface area contributed by atoms with E-state index < -0.39 is 5.60 Å². The average molecular weight is 310 g/mol. The fraction of sp³-hybridized carbons (Fsp3) is 0.750. The quantitative estimate of drug-likeness (QED) is 0.765. The number of aliphatic hydroxyl groups is 1. The summed E-state index contributed by atoms with van der Waals surface area (Å²) in [6, 6.07) is 0.318. The molecule has 1 atom stereocenters. The molecule has 126 valence electrons. The van der Waals surface area contributed by atoms with Crippen molar-refractivity contribution in [3.8, 4) is 0 Å². The topological polar surface area (TPSA) is 70.4 Å². The average Bonchev–Trinajstić information content (AvgIpc) is 2.79. The molecule has 0 saturated carbocycles. The predicted molar refractivity (Wildman–Crippen MR) is 88.1 cm³/mol. The van der Waals surface area contributed by atoms with Crippen LogP contribution >= 0.6 is 0 Å². The van der Waals surface area contributed by atoms with Crippen LogP contribution in [0.25, 0.3) is 0 Å². The first kappa shape index (κ1) is 18.6. The normalized spacial score (nSPS) is 14.4. The van der Waals surface area contributed by atoms with Crippen LogP contribution in [0.1, 0.15) is 55.7 Å². The van der Waals surface area contributed by atoms with Crippen LogP contribution in [0.4, 0.5) is 0 Å². The molecule has 0 aromatic carbocycles. The fourth-order valence-electron chi connectivity index (χ4n) is 2.75. The first-order chi connectivity index (χ1) is 10.2. The second-order valence-corrected chi connectivity index (χ2v) is 6.48. The highest BCUT2D eigenvalue weighted by Gasteiger charge is 2.24. The van der Waals surface area contributed by atoms with Crippen molar-refractivity contribution in [2.75, 3.05) is 27.2 Å². The Balaban J connectivity index is 2.75. The summed E-state index contributed by atoms with van der Waals surface area (Å²) >= 11 is 0. The molecule has 0 radical (unpaired) electrons. The number of rotatable bonds is 8. The first-order valence-electron chi connectivity index (χ1n) is 7.91. The van der Waals surface area contributed by atoms with Gasteiger partial charge in [0.2, 0.25) is 0 Å². The van der Waals surface area contributed by atoms with Crippen molar-refractivity contribution in [2.45, 2.75) is 52.2 Å². The zero-order chi connectivity index (χ0) is 16.9. The standard InChI is InChI=1S/C16H30N4O2/c1-7-13(8-2)20-12(3)14(9-18-20)15(21)17-10-16(4,22)11-19(5)6/h9,13,22H,7-8,10-11H2,1-6H3,(H,17,21). The predicted octanol–water partition coefficient (Wildman–Crippen LogP) is 1.60. The van der Waals surface area contributed by atoms with E-state index >= 15 is 0 Å². The molecule has 1 aromatic rings. The number of aromatic nitrogens is 2. The van der Waals surface area contributed by atoms with Crippen molar-refractivity contribution >= 4 is 5.91 Å². The first-order valence-corrected chi connectivity index (χ1v) is 7.91. The third kappa shape index (κ3) is 4.81. The van der Waals surface area contributed by atoms with Crippen LogP contribution < -0.4 is 5.32 Å². The number of nitrogens with zero attached hydrogens (tertiary/aromatic N) is 3. The molecule has 1 amide bonds. The largest absolute Gasteiger partial charge is 0.387 e. The zero-order valence-electron chi connectivity index (χ0n) is 14.7. The number of likely N-dealkylation sites (N-methyl/N-ethyl adjacent to an activating group) is 1. The summed E-state index contributed by atoms with van der Waals surface area (Å²) in [6.07, 6.45) is 3.58. The van der Waals surface area contributed by atoms with Crippen molar-refractivity contribution in [3.05, 3.63) is 17.5 Å². The molecule has 0 spiro atoms. The summed E-state index contributed by atoms with van der Waals surface area (Å²) in [7, 11) is 3.78. The third-order valence-electron chi connectivity index (χ3n) is 3.86. The van der Waals surface area contributed by atoms with Crippen molar-refractivity contribution in [2.24, 2.45) is 0 Å². The molecule has 0 aliphatic heterocycles. The van der Waals surface area contributed by atoms with E-state index in [2.05, 4.69) is 24.3 Å². The summed E-state index contributed by atoms with van der Waals surface area (Å²) in [6.45, 7) is 8.56. The minimum absolute atomic E-state index is 0.186. The Kier molecular flexibility index (Phi) is 6.56. The number of hydrogen-bond acceptors (Lipinski definition) is 4. The molecule has 1 aromatic heterocycles. The highest BCUT2D eigenvalue weighted by molar-refractivity contribution is 5.95. The van der Waals surface area contributed by atoms with Crippen LogP contribution in [0.5, 0.6) is 0 Å². The van der Waals surface area contributed by atoms with Gasteiger partial charge < -0.3 is 15.3 Å². The smallest absolute Gasteiger partial charge is 0.254 e. The van der Waals surface area contributed by atoms with Crippen molar-refractivity contribution < 1.29 is 9.90 Å². The van der Waals surface area contributed by atoms with Crippen LogP contribution in [-0.2, 0) is 0 Å². The summed E-state index contributed by atoms with van der Waals surface area (Å²) < 4.78 is 1.92. The van der Waals surface area contributed by atoms with Gasteiger partial charge in [0.15, 0.2) is 0 Å². The molecule has 0 aliphatic rings. The van der Waals surface area contributed by atoms with E-state index in [0.29, 0.717) is 18.2 Å². The SMILES string of the molecule is CCC(CC)n1ncc(C(=O)NCC(C)(O)CN(C)C)c1C. The Morgan fingerprint density at radius 2 is 2.05 bits per heavy atom. The van der Waals surface area contributed by atoms with E-state index in [-0.39, 0.29) is 12.5 Å². The molecule has 0 saturated heterocycles. The van der Waals surface area contributed by atoms with E-state index in [4.69, 9.17) is 0 Å². The molecule has 0 aliphatic carbocycles. The number of amides is 1. The lowest BCUT2D eigenvalue weighted by atomic mass is 10.1. The second-order valence-electron chi connectivity index (χ2n) is 6.48. The molecule has 1 rings (SSSR count). The summed E-state index contributed by atoms with van der Waals surface area (Å²) in [5, 5.41) is 17.4. The van der Waals surface area contributed by atoms with Gasteiger partial charge in [0, 0.05) is 18.8 Å². The van der Waals surface area contributed by atoms with Gasteiger partial charge in [-0.3, -0.25) is 9.48 Å². The Morgan fingerprint density at radius 3 is 2.55 bits per heavy atom. The molecule has 0 bridgehead atoms. The van der Waals surface area contributed by atoms with Gasteiger partial charge in [-0.25, -0.2) is 0 Å². The van der Waals surface area contributed by atoms with Crippen molar-refractivity contribution in [3.63, 3.8) is 0 Å². The molecule has 2 N–H and O–H groups in total. The molecule has 1 unspecified atom stereocenters. The van der Waals surface area contributed by atoms with E-state index in [1.54, 1.807) is 13.1 Å². The molecular formula is C16H30N4O2. The van der Waals surface area contributed by atoms with E-state index in [1.165, 1.54) is 0 Å². The monoisotopic (exact) mass is 310 g/mol. The van der Waals surface area contributed by atoms with Gasteiger partial charge >= 0.3 is 0 Å². The minimum Gasteiger partial charge on any atom is -0.387 e. The maximum absolute atomic E-state index is 12.3. The highest BCUT2D eigenvalue weighted by Crippen LogP contribution is 2.19. The van der Waals surface area contributed by atoms with Crippen molar-refractivity contribution in [1.82, 2.24) is 20.0 Å². The molecule has 6 nitrogen and oxygen atoms in total. The lowest BCUT2D eigenvalue weighted by Crippen LogP contribution is -2.47. The molecule has 0 fully saturated rings. The van der Waals surface area contributed by atoms with Gasteiger partial charge in [0.25, 0.3) is 5.91 Å². The molecule has 1 heterocycles. The van der Waals surface area contributed by atoms with Gasteiger partial charge in [0.1, 0.15) is 0 Å². The molecule has 22 heavy (non-hydrogen) atoms. The maximum atomic E-state index is 12.3. The number of hydrogen-bond donors (Lipinski definition) is 2. The minimum atomic E-state index is -0.960. The Hall–Kier alpha value is -1.40. The van der Waals surface area contributed by atoms with Crippen LogP contribution in [0.15, 0.2) is 6.20 Å². The third-order valence-corrected chi connectivity index (χ3v) is 3.86. The van der Waals surface area contributed by atoms with Crippen LogP contribution in [0.3, 0.4) is 0 Å². The Labute approximate surface area is 133 Å². The lowest BCUT2D eigenvalue weighted by Gasteiger charge is -2.27. The van der Waals surface area contributed by atoms with Gasteiger partial charge in [-0.15, -0.1) is 0 Å². The number of carbonyl (C=O) groups is 1. The van der Waals surface area contributed by atoms with Gasteiger partial charge in [-0.2, -0.15) is 5.10 Å². The van der Waals surface area contributed by atoms with Crippen molar-refractivity contribution in [1.29, 1.82) is 0 Å². The van der Waals surface area contributed by atoms with Crippen LogP contribution in [0.2, 0.25) is 0 Å². The van der Waals surface area contributed by atoms with Crippen LogP contribution in [-0.4, -0.2) is 58.5 Å². The number of nitrogens with one attached hydrogen (secondary N) is 1. The zero-order valence-corrected chi connectivity index (χ0v) is 14.7. The number of carbonyl (C=O) groups excluding carboxylic acids is 1. The van der Waals surface area contributed by atoms with Gasteiger partial charge in [0.05, 0.1) is 23.4 Å². The Morgan fingerprint density at radius 1 is 1.45 bits per heavy atom. The lowest BCUT2D eigenvalue weighted by molar-refractivity contribution is 0.0326. The summed E-state index contributed by atoms with van der Waals surface area (Å²) in [5.41, 5.74) is 0.490. The van der Waals surface area contributed by atoms with E-state index in [9.17, 15) is 9.90 Å². The van der Waals surface area contributed by atoms with E-state index in [1.807, 2.05) is 30.6 Å². The second kappa shape index (κ2) is 7.74. The summed E-state index contributed by atoms with van der Waals surface area (Å²) in [4.78, 5) is 14.2. The van der Waals surface area contributed by atoms with Crippen LogP contribution in [0, 0.1) is 6.92 Å². The maximum Gasteiger partial charge on any atom is 0.254 e. The fourth-order valence-corrected chi connectivity index (χ4v) is 2.75. The summed E-state index contributed by atoms with van der Waals surface area (Å²) in [5.74, 6) is -0.186. The van der Waals surface area contributed by atoms with Gasteiger partial charge in [-0.05, 0) is 40.8 Å². The Bertz CT molecular complexity index is 490. The molecular weight excluding hydrogens is 280 g/mol.